The molecule has 3 heterocycles. The Morgan fingerprint density at radius 3 is 2.56 bits per heavy atom. The second-order valence-corrected chi connectivity index (χ2v) is 10.7. The van der Waals surface area contributed by atoms with Crippen molar-refractivity contribution < 1.29 is 17.9 Å². The van der Waals surface area contributed by atoms with Crippen molar-refractivity contribution in [1.29, 1.82) is 0 Å². The van der Waals surface area contributed by atoms with E-state index >= 15 is 0 Å². The Labute approximate surface area is 199 Å². The molecule has 1 aliphatic heterocycles. The van der Waals surface area contributed by atoms with Crippen LogP contribution in [-0.4, -0.2) is 59.2 Å². The van der Waals surface area contributed by atoms with E-state index in [4.69, 9.17) is 14.5 Å². The largest absolute Gasteiger partial charge is 0.493 e. The summed E-state index contributed by atoms with van der Waals surface area (Å²) in [7, 11) is -3.78. The molecule has 1 aliphatic rings. The first-order chi connectivity index (χ1) is 16.1. The van der Waals surface area contributed by atoms with Gasteiger partial charge < -0.3 is 19.0 Å². The van der Waals surface area contributed by atoms with Crippen LogP contribution in [0.4, 0.5) is 0 Å². The van der Waals surface area contributed by atoms with E-state index in [1.807, 2.05) is 38.5 Å². The van der Waals surface area contributed by atoms with Crippen LogP contribution in [0.5, 0.6) is 5.75 Å². The van der Waals surface area contributed by atoms with Gasteiger partial charge in [0.25, 0.3) is 5.56 Å². The van der Waals surface area contributed by atoms with E-state index in [2.05, 4.69) is 11.9 Å². The van der Waals surface area contributed by atoms with Crippen molar-refractivity contribution in [3.05, 3.63) is 40.3 Å². The standard InChI is InChI=1S/C24H32N4O5S/c1-6-10-27-12-15(3)21-23(27)25-22(26-24(21)29)19-11-18(8-9-20(19)32-7-2)34(30,31)28-13-16(4)33-17(5)14-28/h8-9,11-12,16-17H,6-7,10,13-14H2,1-5H3,(H,25,26,29). The first-order valence-electron chi connectivity index (χ1n) is 11.7. The molecule has 0 saturated carbocycles. The first kappa shape index (κ1) is 24.4. The highest BCUT2D eigenvalue weighted by molar-refractivity contribution is 7.89. The highest BCUT2D eigenvalue weighted by Crippen LogP contribution is 2.33. The monoisotopic (exact) mass is 488 g/mol. The number of aromatic nitrogens is 3. The molecule has 1 fully saturated rings. The van der Waals surface area contributed by atoms with Crippen molar-refractivity contribution >= 4 is 21.1 Å². The van der Waals surface area contributed by atoms with Gasteiger partial charge in [-0.05, 0) is 57.9 Å². The van der Waals surface area contributed by atoms with E-state index in [0.717, 1.165) is 18.5 Å². The number of aryl methyl sites for hydroxylation is 2. The predicted octanol–water partition coefficient (Wildman–Crippen LogP) is 3.31. The summed E-state index contributed by atoms with van der Waals surface area (Å²) in [5.41, 5.74) is 1.59. The van der Waals surface area contributed by atoms with Crippen LogP contribution in [0, 0.1) is 6.92 Å². The van der Waals surface area contributed by atoms with Crippen LogP contribution in [0.1, 0.15) is 39.7 Å². The van der Waals surface area contributed by atoms with E-state index in [1.54, 1.807) is 6.07 Å². The highest BCUT2D eigenvalue weighted by Gasteiger charge is 2.33. The van der Waals surface area contributed by atoms with E-state index in [-0.39, 0.29) is 41.6 Å². The fourth-order valence-corrected chi connectivity index (χ4v) is 6.15. The summed E-state index contributed by atoms with van der Waals surface area (Å²) in [6.45, 7) is 11.2. The summed E-state index contributed by atoms with van der Waals surface area (Å²) in [5, 5.41) is 0.537. The number of benzene rings is 1. The summed E-state index contributed by atoms with van der Waals surface area (Å²) in [6, 6.07) is 4.70. The van der Waals surface area contributed by atoms with Gasteiger partial charge in [0.2, 0.25) is 10.0 Å². The number of nitrogens with one attached hydrogen (secondary N) is 1. The fraction of sp³-hybridized carbons (Fsp3) is 0.500. The maximum absolute atomic E-state index is 13.5. The average molecular weight is 489 g/mol. The molecule has 184 valence electrons. The third-order valence-corrected chi connectivity index (χ3v) is 7.74. The number of fused-ring (bicyclic) bond motifs is 1. The van der Waals surface area contributed by atoms with Crippen LogP contribution in [-0.2, 0) is 21.3 Å². The molecule has 0 amide bonds. The number of ether oxygens (including phenoxy) is 2. The lowest BCUT2D eigenvalue weighted by molar-refractivity contribution is -0.0440. The van der Waals surface area contributed by atoms with Gasteiger partial charge in [-0.3, -0.25) is 4.79 Å². The lowest BCUT2D eigenvalue weighted by atomic mass is 10.1. The van der Waals surface area contributed by atoms with Crippen molar-refractivity contribution in [2.24, 2.45) is 0 Å². The smallest absolute Gasteiger partial charge is 0.260 e. The van der Waals surface area contributed by atoms with Crippen molar-refractivity contribution in [2.45, 2.75) is 64.7 Å². The second-order valence-electron chi connectivity index (χ2n) is 8.79. The molecule has 2 aromatic heterocycles. The van der Waals surface area contributed by atoms with Crippen LogP contribution < -0.4 is 10.3 Å². The summed E-state index contributed by atoms with van der Waals surface area (Å²) in [4.78, 5) is 20.7. The predicted molar refractivity (Wildman–Crippen MR) is 131 cm³/mol. The number of nitrogens with zero attached hydrogens (tertiary/aromatic N) is 3. The fourth-order valence-electron chi connectivity index (χ4n) is 4.53. The van der Waals surface area contributed by atoms with Gasteiger partial charge >= 0.3 is 0 Å². The van der Waals surface area contributed by atoms with Crippen LogP contribution >= 0.6 is 0 Å². The Morgan fingerprint density at radius 2 is 1.91 bits per heavy atom. The zero-order chi connectivity index (χ0) is 24.6. The van der Waals surface area contributed by atoms with Crippen molar-refractivity contribution in [2.75, 3.05) is 19.7 Å². The Hall–Kier alpha value is -2.69. The van der Waals surface area contributed by atoms with E-state index in [0.29, 0.717) is 29.0 Å². The number of hydrogen-bond donors (Lipinski definition) is 1. The third-order valence-electron chi connectivity index (χ3n) is 5.91. The van der Waals surface area contributed by atoms with Crippen LogP contribution in [0.25, 0.3) is 22.4 Å². The number of rotatable bonds is 7. The normalized spacial score (nSPS) is 19.6. The first-order valence-corrected chi connectivity index (χ1v) is 13.1. The molecule has 4 rings (SSSR count). The van der Waals surface area contributed by atoms with E-state index < -0.39 is 10.0 Å². The molecule has 1 aromatic carbocycles. The van der Waals surface area contributed by atoms with Gasteiger partial charge in [0.1, 0.15) is 17.2 Å². The molecule has 0 spiro atoms. The number of H-pyrrole nitrogens is 1. The van der Waals surface area contributed by atoms with Gasteiger partial charge in [-0.25, -0.2) is 13.4 Å². The number of hydrogen-bond acceptors (Lipinski definition) is 6. The average Bonchev–Trinajstić information content (AvgIpc) is 3.09. The quantitative estimate of drug-likeness (QED) is 0.547. The van der Waals surface area contributed by atoms with E-state index in [9.17, 15) is 13.2 Å². The van der Waals surface area contributed by atoms with Crippen molar-refractivity contribution in [1.82, 2.24) is 18.8 Å². The molecule has 0 bridgehead atoms. The molecule has 9 nitrogen and oxygen atoms in total. The highest BCUT2D eigenvalue weighted by atomic mass is 32.2. The molecule has 1 N–H and O–H groups in total. The van der Waals surface area contributed by atoms with Gasteiger partial charge in [0.15, 0.2) is 0 Å². The Kier molecular flexibility index (Phi) is 6.84. The second kappa shape index (κ2) is 9.52. The molecule has 34 heavy (non-hydrogen) atoms. The lowest BCUT2D eigenvalue weighted by Crippen LogP contribution is -2.48. The van der Waals surface area contributed by atoms with Gasteiger partial charge in [-0.15, -0.1) is 0 Å². The molecule has 0 radical (unpaired) electrons. The van der Waals surface area contributed by atoms with Crippen LogP contribution in [0.2, 0.25) is 0 Å². The topological polar surface area (TPSA) is 107 Å². The number of morpholine rings is 1. The SMILES string of the molecule is CCCn1cc(C)c2c(=O)[nH]c(-c3cc(S(=O)(=O)N4CC(C)OC(C)C4)ccc3OCC)nc21. The number of sulfonamides is 1. The maximum atomic E-state index is 13.5. The lowest BCUT2D eigenvalue weighted by Gasteiger charge is -2.34. The Morgan fingerprint density at radius 1 is 1.21 bits per heavy atom. The molecular weight excluding hydrogens is 456 g/mol. The zero-order valence-corrected chi connectivity index (χ0v) is 21.1. The number of aromatic amines is 1. The Balaban J connectivity index is 1.86. The minimum Gasteiger partial charge on any atom is -0.493 e. The molecule has 2 atom stereocenters. The van der Waals surface area contributed by atoms with Gasteiger partial charge in [0.05, 0.1) is 34.7 Å². The summed E-state index contributed by atoms with van der Waals surface area (Å²) in [5.74, 6) is 0.732. The van der Waals surface area contributed by atoms with Crippen molar-refractivity contribution in [3.63, 3.8) is 0 Å². The molecule has 2 unspecified atom stereocenters. The van der Waals surface area contributed by atoms with Crippen LogP contribution in [0.3, 0.4) is 0 Å². The summed E-state index contributed by atoms with van der Waals surface area (Å²) >= 11 is 0. The van der Waals surface area contributed by atoms with Crippen LogP contribution in [0.15, 0.2) is 34.1 Å². The summed E-state index contributed by atoms with van der Waals surface area (Å²) < 4.78 is 41.9. The Bertz CT molecular complexity index is 1350. The zero-order valence-electron chi connectivity index (χ0n) is 20.3. The minimum atomic E-state index is -3.78. The molecule has 1 saturated heterocycles. The third kappa shape index (κ3) is 4.49. The molecular formula is C24H32N4O5S. The summed E-state index contributed by atoms with van der Waals surface area (Å²) in [6.07, 6.45) is 2.42. The van der Waals surface area contributed by atoms with Crippen molar-refractivity contribution in [3.8, 4) is 17.1 Å². The molecule has 10 heteroatoms. The molecule has 0 aliphatic carbocycles. The maximum Gasteiger partial charge on any atom is 0.260 e. The van der Waals surface area contributed by atoms with Gasteiger partial charge in [-0.1, -0.05) is 6.92 Å². The van der Waals surface area contributed by atoms with Gasteiger partial charge in [0, 0.05) is 25.8 Å². The minimum absolute atomic E-state index is 0.120. The van der Waals surface area contributed by atoms with Gasteiger partial charge in [-0.2, -0.15) is 4.31 Å². The molecule has 3 aromatic rings. The van der Waals surface area contributed by atoms with E-state index in [1.165, 1.54) is 16.4 Å².